The molecule has 12 heteroatoms. The number of thiol groups is 1. The van der Waals surface area contributed by atoms with Gasteiger partial charge in [0, 0.05) is 18.3 Å². The zero-order chi connectivity index (χ0) is 21.8. The van der Waals surface area contributed by atoms with Gasteiger partial charge in [-0.15, -0.1) is 0 Å². The number of nitrogens with zero attached hydrogens (tertiary/aromatic N) is 4. The van der Waals surface area contributed by atoms with Crippen LogP contribution < -0.4 is 10.0 Å². The molecule has 3 heterocycles. The summed E-state index contributed by atoms with van der Waals surface area (Å²) in [5, 5.41) is 3.17. The fourth-order valence-electron chi connectivity index (χ4n) is 3.13. The predicted octanol–water partition coefficient (Wildman–Crippen LogP) is 3.00. The number of pyridine rings is 1. The minimum Gasteiger partial charge on any atom is -0.336 e. The number of aromatic nitrogens is 5. The third kappa shape index (κ3) is 4.63. The van der Waals surface area contributed by atoms with E-state index in [1.807, 2.05) is 0 Å². The van der Waals surface area contributed by atoms with E-state index in [9.17, 15) is 8.42 Å². The summed E-state index contributed by atoms with van der Waals surface area (Å²) in [7, 11) is -2.67. The second-order valence-corrected chi connectivity index (χ2v) is 7.75. The van der Waals surface area contributed by atoms with Gasteiger partial charge in [0.15, 0.2) is 11.5 Å². The quantitative estimate of drug-likeness (QED) is 0.235. The van der Waals surface area contributed by atoms with Gasteiger partial charge in [-0.3, -0.25) is 0 Å². The van der Waals surface area contributed by atoms with Crippen molar-refractivity contribution in [2.45, 2.75) is 12.8 Å². The number of rotatable bonds is 8. The van der Waals surface area contributed by atoms with Crippen molar-refractivity contribution in [3.8, 4) is 11.3 Å². The Balaban J connectivity index is 1.66. The summed E-state index contributed by atoms with van der Waals surface area (Å²) in [6, 6.07) is 6.70. The minimum atomic E-state index is -2.67. The molecule has 0 unspecified atom stereocenters. The maximum atomic E-state index is 15.2. The van der Waals surface area contributed by atoms with Crippen molar-refractivity contribution in [3.05, 3.63) is 59.5 Å². The van der Waals surface area contributed by atoms with E-state index in [4.69, 9.17) is 11.6 Å². The summed E-state index contributed by atoms with van der Waals surface area (Å²) in [6.45, 7) is 0.224. The lowest BCUT2D eigenvalue weighted by molar-refractivity contribution is 0.593. The molecule has 0 aliphatic rings. The number of hydrogen-bond donors (Lipinski definition) is 4. The van der Waals surface area contributed by atoms with Crippen molar-refractivity contribution < 1.29 is 12.8 Å². The molecule has 31 heavy (non-hydrogen) atoms. The highest BCUT2D eigenvalue weighted by atomic mass is 35.5. The third-order valence-electron chi connectivity index (χ3n) is 4.56. The summed E-state index contributed by atoms with van der Waals surface area (Å²) in [4.78, 5) is 20.0. The Morgan fingerprint density at radius 2 is 2.00 bits per heavy atom. The first-order valence-corrected chi connectivity index (χ1v) is 10.8. The molecule has 0 aliphatic heterocycles. The van der Waals surface area contributed by atoms with Crippen LogP contribution in [0.5, 0.6) is 0 Å². The lowest BCUT2D eigenvalue weighted by Crippen LogP contribution is -2.13. The van der Waals surface area contributed by atoms with Crippen LogP contribution in [0.4, 0.5) is 15.9 Å². The smallest absolute Gasteiger partial charge is 0.201 e. The standard InChI is InChI=1S/C19H17ClFN7O2S/c20-13-6-5-11(3-1-8-27-31(29)30)14(21)16(13)28-18-12(4-2-7-22-18)15-17-19(25-9-23-15)26-10-24-17/h2,4-7,9-10,31H,1,3,8H2,(H,22,28)(H,27,29,30)(H,23,24,25,26). The number of H-pyrrole nitrogens is 1. The molecular formula is C19H17ClFN7O2S. The summed E-state index contributed by atoms with van der Waals surface area (Å²) >= 11 is 6.26. The summed E-state index contributed by atoms with van der Waals surface area (Å²) in [5.41, 5.74) is 2.75. The highest BCUT2D eigenvalue weighted by Gasteiger charge is 2.18. The molecule has 0 aliphatic carbocycles. The number of imidazole rings is 1. The van der Waals surface area contributed by atoms with Gasteiger partial charge in [-0.2, -0.15) is 0 Å². The van der Waals surface area contributed by atoms with E-state index in [1.54, 1.807) is 30.5 Å². The molecule has 160 valence electrons. The van der Waals surface area contributed by atoms with Gasteiger partial charge in [0.25, 0.3) is 0 Å². The highest BCUT2D eigenvalue weighted by molar-refractivity contribution is 7.70. The average Bonchev–Trinajstić information content (AvgIpc) is 3.25. The Morgan fingerprint density at radius 3 is 2.84 bits per heavy atom. The van der Waals surface area contributed by atoms with Gasteiger partial charge in [-0.25, -0.2) is 37.5 Å². The fraction of sp³-hybridized carbons (Fsp3) is 0.158. The topological polar surface area (TPSA) is 126 Å². The maximum Gasteiger partial charge on any atom is 0.201 e. The van der Waals surface area contributed by atoms with E-state index in [1.165, 1.54) is 12.7 Å². The Kier molecular flexibility index (Phi) is 6.35. The Morgan fingerprint density at radius 1 is 1.13 bits per heavy atom. The first-order valence-electron chi connectivity index (χ1n) is 9.26. The SMILES string of the molecule is O=[SH](=O)NCCCc1ccc(Cl)c(Nc2ncccc2-c2ncnc3[nH]cnc23)c1F. The second-order valence-electron chi connectivity index (χ2n) is 6.51. The highest BCUT2D eigenvalue weighted by Crippen LogP contribution is 2.35. The Labute approximate surface area is 183 Å². The van der Waals surface area contributed by atoms with Crippen molar-refractivity contribution in [2.24, 2.45) is 0 Å². The largest absolute Gasteiger partial charge is 0.336 e. The molecule has 0 bridgehead atoms. The summed E-state index contributed by atoms with van der Waals surface area (Å²) in [6.07, 6.45) is 5.27. The second kappa shape index (κ2) is 9.33. The first kappa shape index (κ1) is 21.1. The van der Waals surface area contributed by atoms with Crippen LogP contribution in [0.2, 0.25) is 5.02 Å². The predicted molar refractivity (Wildman–Crippen MR) is 116 cm³/mol. The molecule has 0 atom stereocenters. The number of fused-ring (bicyclic) bond motifs is 1. The average molecular weight is 462 g/mol. The van der Waals surface area contributed by atoms with Crippen molar-refractivity contribution in [1.82, 2.24) is 29.6 Å². The van der Waals surface area contributed by atoms with E-state index in [-0.39, 0.29) is 17.3 Å². The zero-order valence-corrected chi connectivity index (χ0v) is 17.6. The van der Waals surface area contributed by atoms with Crippen LogP contribution in [0.15, 0.2) is 43.1 Å². The third-order valence-corrected chi connectivity index (χ3v) is 5.36. The number of anilines is 2. The van der Waals surface area contributed by atoms with E-state index < -0.39 is 16.7 Å². The summed E-state index contributed by atoms with van der Waals surface area (Å²) in [5.74, 6) is -0.170. The van der Waals surface area contributed by atoms with Crippen LogP contribution in [0.1, 0.15) is 12.0 Å². The Hall–Kier alpha value is -3.15. The summed E-state index contributed by atoms with van der Waals surface area (Å²) < 4.78 is 38.7. The first-order chi connectivity index (χ1) is 15.0. The van der Waals surface area contributed by atoms with Crippen LogP contribution in [0.25, 0.3) is 22.4 Å². The van der Waals surface area contributed by atoms with Gasteiger partial charge in [0.1, 0.15) is 23.4 Å². The molecule has 0 saturated carbocycles. The van der Waals surface area contributed by atoms with Crippen LogP contribution >= 0.6 is 11.6 Å². The molecule has 1 aromatic carbocycles. The van der Waals surface area contributed by atoms with Crippen molar-refractivity contribution in [1.29, 1.82) is 0 Å². The molecule has 4 rings (SSSR count). The normalized spacial score (nSPS) is 11.3. The molecule has 0 saturated heterocycles. The van der Waals surface area contributed by atoms with E-state index in [0.29, 0.717) is 46.6 Å². The van der Waals surface area contributed by atoms with E-state index in [0.717, 1.165) is 0 Å². The molecule has 9 nitrogen and oxygen atoms in total. The van der Waals surface area contributed by atoms with Crippen LogP contribution in [0.3, 0.4) is 0 Å². The maximum absolute atomic E-state index is 15.2. The van der Waals surface area contributed by atoms with Gasteiger partial charge in [0.2, 0.25) is 10.9 Å². The number of hydrogen-bond acceptors (Lipinski definition) is 7. The van der Waals surface area contributed by atoms with Crippen LogP contribution in [0, 0.1) is 5.82 Å². The molecule has 0 fully saturated rings. The van der Waals surface area contributed by atoms with Crippen molar-refractivity contribution in [2.75, 3.05) is 11.9 Å². The van der Waals surface area contributed by atoms with Crippen LogP contribution in [-0.2, 0) is 17.3 Å². The van der Waals surface area contributed by atoms with Gasteiger partial charge in [-0.1, -0.05) is 17.7 Å². The van der Waals surface area contributed by atoms with Crippen molar-refractivity contribution >= 4 is 45.2 Å². The van der Waals surface area contributed by atoms with E-state index >= 15 is 4.39 Å². The number of nitrogens with one attached hydrogen (secondary N) is 3. The molecular weight excluding hydrogens is 445 g/mol. The Bertz CT molecular complexity index is 1300. The lowest BCUT2D eigenvalue weighted by Gasteiger charge is -2.14. The fourth-order valence-corrected chi connectivity index (χ4v) is 3.66. The van der Waals surface area contributed by atoms with Gasteiger partial charge >= 0.3 is 0 Å². The molecule has 0 amide bonds. The minimum absolute atomic E-state index is 0.0781. The van der Waals surface area contributed by atoms with E-state index in [2.05, 4.69) is 35.0 Å². The zero-order valence-electron chi connectivity index (χ0n) is 16.0. The lowest BCUT2D eigenvalue weighted by atomic mass is 10.1. The monoisotopic (exact) mass is 461 g/mol. The number of halogens is 2. The van der Waals surface area contributed by atoms with Gasteiger partial charge in [-0.05, 0) is 36.6 Å². The number of aromatic amines is 1. The number of aryl methyl sites for hydroxylation is 1. The molecule has 3 aromatic heterocycles. The molecule has 4 aromatic rings. The van der Waals surface area contributed by atoms with Gasteiger partial charge in [0.05, 0.1) is 17.0 Å². The number of benzene rings is 1. The van der Waals surface area contributed by atoms with Gasteiger partial charge < -0.3 is 10.3 Å². The molecule has 0 spiro atoms. The molecule has 0 radical (unpaired) electrons. The van der Waals surface area contributed by atoms with Crippen LogP contribution in [-0.4, -0.2) is 39.9 Å². The van der Waals surface area contributed by atoms with Crippen molar-refractivity contribution in [3.63, 3.8) is 0 Å². The molecule has 3 N–H and O–H groups in total.